The van der Waals surface area contributed by atoms with Crippen LogP contribution in [0.15, 0.2) is 22.7 Å². The van der Waals surface area contributed by atoms with Crippen LogP contribution in [0.5, 0.6) is 0 Å². The third kappa shape index (κ3) is 3.86. The van der Waals surface area contributed by atoms with Crippen LogP contribution in [-0.2, 0) is 27.0 Å². The van der Waals surface area contributed by atoms with Crippen molar-refractivity contribution in [1.29, 1.82) is 0 Å². The van der Waals surface area contributed by atoms with Crippen LogP contribution in [0.2, 0.25) is 0 Å². The average Bonchev–Trinajstić information content (AvgIpc) is 3.38. The number of rotatable bonds is 4. The van der Waals surface area contributed by atoms with E-state index in [1.54, 1.807) is 17.0 Å². The molecule has 12 heteroatoms. The number of carbonyl (C=O) groups excluding carboxylic acids is 2. The Balaban J connectivity index is 1.35. The molecule has 3 aliphatic heterocycles. The summed E-state index contributed by atoms with van der Waals surface area (Å²) in [6.45, 7) is 3.58. The molecule has 9 nitrogen and oxygen atoms in total. The van der Waals surface area contributed by atoms with Crippen molar-refractivity contribution in [3.05, 3.63) is 35.2 Å². The Morgan fingerprint density at radius 2 is 2.06 bits per heavy atom. The molecular weight excluding hydrogens is 445 g/mol. The maximum atomic E-state index is 13.2. The number of benzene rings is 1. The molecule has 33 heavy (non-hydrogen) atoms. The van der Waals surface area contributed by atoms with Gasteiger partial charge in [-0.05, 0) is 25.0 Å². The van der Waals surface area contributed by atoms with E-state index in [1.165, 1.54) is 6.07 Å². The fourth-order valence-corrected chi connectivity index (χ4v) is 4.27. The predicted molar refractivity (Wildman–Crippen MR) is 105 cm³/mol. The molecular formula is C21H21F3N4O5. The molecule has 5 rings (SSSR count). The highest BCUT2D eigenvalue weighted by atomic mass is 19.4. The number of halogens is 3. The Morgan fingerprint density at radius 1 is 1.27 bits per heavy atom. The smallest absolute Gasteiger partial charge is 0.379 e. The van der Waals surface area contributed by atoms with Crippen LogP contribution in [0.4, 0.5) is 13.2 Å². The molecule has 3 aliphatic rings. The molecule has 2 saturated heterocycles. The lowest BCUT2D eigenvalue weighted by atomic mass is 9.86. The number of hydrogen-bond acceptors (Lipinski definition) is 7. The molecule has 0 spiro atoms. The predicted octanol–water partition coefficient (Wildman–Crippen LogP) is 2.02. The summed E-state index contributed by atoms with van der Waals surface area (Å²) in [5.74, 6) is -2.11. The summed E-state index contributed by atoms with van der Waals surface area (Å²) >= 11 is 0. The van der Waals surface area contributed by atoms with Gasteiger partial charge in [-0.15, -0.1) is 0 Å². The van der Waals surface area contributed by atoms with Crippen LogP contribution in [0, 0.1) is 5.41 Å². The second-order valence-corrected chi connectivity index (χ2v) is 8.79. The van der Waals surface area contributed by atoms with Crippen molar-refractivity contribution in [3.8, 4) is 11.4 Å². The minimum Gasteiger partial charge on any atom is -0.379 e. The molecule has 2 atom stereocenters. The fraction of sp³-hybridized carbons (Fsp3) is 0.524. The van der Waals surface area contributed by atoms with Crippen molar-refractivity contribution in [2.45, 2.75) is 38.1 Å². The first-order valence-electron chi connectivity index (χ1n) is 10.5. The quantitative estimate of drug-likeness (QED) is 0.735. The minimum absolute atomic E-state index is 0.116. The molecule has 2 aromatic rings. The third-order valence-electron chi connectivity index (χ3n) is 6.30. The van der Waals surface area contributed by atoms with E-state index in [4.69, 9.17) is 9.47 Å². The number of nitrogens with zero attached hydrogens (tertiary/aromatic N) is 3. The van der Waals surface area contributed by atoms with E-state index in [0.717, 1.165) is 5.56 Å². The summed E-state index contributed by atoms with van der Waals surface area (Å²) in [5, 5.41) is 6.44. The summed E-state index contributed by atoms with van der Waals surface area (Å²) in [5.41, 5.74) is 0.736. The molecule has 0 bridgehead atoms. The second kappa shape index (κ2) is 7.80. The summed E-state index contributed by atoms with van der Waals surface area (Å²) in [7, 11) is 0. The first kappa shape index (κ1) is 21.8. The van der Waals surface area contributed by atoms with E-state index < -0.39 is 17.5 Å². The van der Waals surface area contributed by atoms with Gasteiger partial charge in [0, 0.05) is 24.3 Å². The topological polar surface area (TPSA) is 107 Å². The van der Waals surface area contributed by atoms with Gasteiger partial charge in [-0.1, -0.05) is 17.3 Å². The zero-order chi connectivity index (χ0) is 23.4. The van der Waals surface area contributed by atoms with Gasteiger partial charge in [-0.25, -0.2) is 0 Å². The molecule has 2 amide bonds. The lowest BCUT2D eigenvalue weighted by Crippen LogP contribution is -2.61. The summed E-state index contributed by atoms with van der Waals surface area (Å²) in [6, 6.07) is 4.02. The van der Waals surface area contributed by atoms with Crippen molar-refractivity contribution in [2.75, 3.05) is 26.4 Å². The molecule has 0 radical (unpaired) electrons. The van der Waals surface area contributed by atoms with Crippen LogP contribution in [-0.4, -0.2) is 65.4 Å². The average molecular weight is 466 g/mol. The van der Waals surface area contributed by atoms with E-state index >= 15 is 0 Å². The van der Waals surface area contributed by atoms with Gasteiger partial charge in [0.1, 0.15) is 0 Å². The minimum atomic E-state index is -4.75. The van der Waals surface area contributed by atoms with E-state index in [0.29, 0.717) is 38.3 Å². The Morgan fingerprint density at radius 3 is 2.73 bits per heavy atom. The summed E-state index contributed by atoms with van der Waals surface area (Å²) in [6.07, 6.45) is -4.19. The molecule has 0 aliphatic carbocycles. The monoisotopic (exact) mass is 466 g/mol. The molecule has 1 N–H and O–H groups in total. The molecule has 1 aromatic heterocycles. The van der Waals surface area contributed by atoms with Crippen molar-refractivity contribution >= 4 is 11.8 Å². The number of ether oxygens (including phenoxy) is 2. The van der Waals surface area contributed by atoms with Gasteiger partial charge >= 0.3 is 12.1 Å². The molecule has 1 aromatic carbocycles. The van der Waals surface area contributed by atoms with E-state index in [9.17, 15) is 22.8 Å². The van der Waals surface area contributed by atoms with Crippen LogP contribution in [0.25, 0.3) is 11.4 Å². The van der Waals surface area contributed by atoms with Crippen LogP contribution in [0.1, 0.15) is 35.2 Å². The Bertz CT molecular complexity index is 1100. The number of hydrogen-bond donors (Lipinski definition) is 1. The summed E-state index contributed by atoms with van der Waals surface area (Å²) < 4.78 is 53.4. The van der Waals surface area contributed by atoms with Gasteiger partial charge in [-0.3, -0.25) is 9.59 Å². The number of fused-ring (bicyclic) bond motifs is 1. The maximum absolute atomic E-state index is 13.2. The van der Waals surface area contributed by atoms with Crippen molar-refractivity contribution < 1.29 is 36.8 Å². The molecule has 4 heterocycles. The van der Waals surface area contributed by atoms with Crippen LogP contribution in [0.3, 0.4) is 0 Å². The summed E-state index contributed by atoms with van der Waals surface area (Å²) in [4.78, 5) is 31.0. The first-order valence-corrected chi connectivity index (χ1v) is 10.5. The molecule has 2 fully saturated rings. The normalized spacial score (nSPS) is 24.4. The van der Waals surface area contributed by atoms with Gasteiger partial charge in [-0.2, -0.15) is 18.2 Å². The van der Waals surface area contributed by atoms with Gasteiger partial charge in [0.25, 0.3) is 5.91 Å². The standard InChI is InChI=1S/C21H21F3N4O5/c1-20(9-32-10-20)18(30)25-14-4-5-31-8-15(14)28-7-12-3-2-11(6-13(12)17(28)29)16-26-19(33-27-16)21(22,23)24/h2-3,6,14-15H,4-5,7-10H2,1H3,(H,25,30)/t14-,15-/m1/s1. The lowest BCUT2D eigenvalue weighted by molar-refractivity contribution is -0.160. The van der Waals surface area contributed by atoms with E-state index in [1.807, 2.05) is 6.92 Å². The van der Waals surface area contributed by atoms with Crippen molar-refractivity contribution in [2.24, 2.45) is 5.41 Å². The van der Waals surface area contributed by atoms with Gasteiger partial charge < -0.3 is 24.2 Å². The second-order valence-electron chi connectivity index (χ2n) is 8.79. The number of aromatic nitrogens is 2. The van der Waals surface area contributed by atoms with Gasteiger partial charge in [0.05, 0.1) is 37.3 Å². The van der Waals surface area contributed by atoms with Crippen molar-refractivity contribution in [1.82, 2.24) is 20.4 Å². The van der Waals surface area contributed by atoms with Gasteiger partial charge in [0.2, 0.25) is 11.7 Å². The molecule has 0 unspecified atom stereocenters. The number of amides is 2. The highest BCUT2D eigenvalue weighted by Gasteiger charge is 2.45. The Kier molecular flexibility index (Phi) is 5.16. The van der Waals surface area contributed by atoms with Crippen LogP contribution < -0.4 is 5.32 Å². The number of nitrogens with one attached hydrogen (secondary N) is 1. The number of alkyl halides is 3. The van der Waals surface area contributed by atoms with Crippen molar-refractivity contribution in [3.63, 3.8) is 0 Å². The Hall–Kier alpha value is -2.99. The molecule has 0 saturated carbocycles. The maximum Gasteiger partial charge on any atom is 0.471 e. The highest BCUT2D eigenvalue weighted by molar-refractivity contribution is 5.99. The first-order chi connectivity index (χ1) is 15.7. The third-order valence-corrected chi connectivity index (χ3v) is 6.30. The largest absolute Gasteiger partial charge is 0.471 e. The lowest BCUT2D eigenvalue weighted by Gasteiger charge is -2.42. The number of carbonyl (C=O) groups is 2. The highest BCUT2D eigenvalue weighted by Crippen LogP contribution is 2.33. The molecule has 176 valence electrons. The van der Waals surface area contributed by atoms with E-state index in [-0.39, 0.29) is 41.9 Å². The SMILES string of the molecule is CC1(C(=O)N[C@@H]2CCOC[C@H]2N2Cc3ccc(-c4noc(C(F)(F)F)n4)cc3C2=O)COC1. The van der Waals surface area contributed by atoms with Crippen LogP contribution >= 0.6 is 0 Å². The van der Waals surface area contributed by atoms with E-state index in [2.05, 4.69) is 20.0 Å². The Labute approximate surface area is 186 Å². The fourth-order valence-electron chi connectivity index (χ4n) is 4.27. The zero-order valence-corrected chi connectivity index (χ0v) is 17.6. The zero-order valence-electron chi connectivity index (χ0n) is 17.6. The van der Waals surface area contributed by atoms with Gasteiger partial charge in [0.15, 0.2) is 0 Å².